The molecule has 0 spiro atoms. The van der Waals surface area contributed by atoms with E-state index in [1.54, 1.807) is 53.4 Å². The summed E-state index contributed by atoms with van der Waals surface area (Å²) in [7, 11) is -4.03. The highest BCUT2D eigenvalue weighted by molar-refractivity contribution is 7.90. The lowest BCUT2D eigenvalue weighted by Crippen LogP contribution is -2.42. The predicted molar refractivity (Wildman–Crippen MR) is 133 cm³/mol. The summed E-state index contributed by atoms with van der Waals surface area (Å²) in [6, 6.07) is 13.6. The number of aromatic nitrogens is 4. The second-order valence-corrected chi connectivity index (χ2v) is 10.6. The highest BCUT2D eigenvalue weighted by Crippen LogP contribution is 2.30. The van der Waals surface area contributed by atoms with Gasteiger partial charge in [-0.2, -0.15) is 0 Å². The molecule has 9 heteroatoms. The molecule has 4 aromatic rings. The van der Waals surface area contributed by atoms with E-state index in [1.165, 1.54) is 0 Å². The molecule has 0 aliphatic heterocycles. The van der Waals surface area contributed by atoms with E-state index < -0.39 is 15.9 Å². The Kier molecular flexibility index (Phi) is 5.99. The van der Waals surface area contributed by atoms with Crippen LogP contribution >= 0.6 is 0 Å². The fourth-order valence-electron chi connectivity index (χ4n) is 4.73. The van der Waals surface area contributed by atoms with E-state index in [2.05, 4.69) is 21.1 Å². The van der Waals surface area contributed by atoms with E-state index in [4.69, 9.17) is 6.42 Å². The van der Waals surface area contributed by atoms with Crippen molar-refractivity contribution in [2.45, 2.75) is 50.0 Å². The maximum absolute atomic E-state index is 13.8. The summed E-state index contributed by atoms with van der Waals surface area (Å²) in [5.41, 5.74) is 1.74. The van der Waals surface area contributed by atoms with Crippen molar-refractivity contribution in [2.75, 3.05) is 6.54 Å². The number of hydrogen-bond donors (Lipinski definition) is 0. The van der Waals surface area contributed by atoms with E-state index in [-0.39, 0.29) is 29.0 Å². The van der Waals surface area contributed by atoms with Crippen LogP contribution in [0.25, 0.3) is 22.1 Å². The van der Waals surface area contributed by atoms with E-state index in [1.807, 2.05) is 6.92 Å². The summed E-state index contributed by atoms with van der Waals surface area (Å²) in [5, 5.41) is 8.96. The molecule has 0 bridgehead atoms. The molecule has 1 amide bonds. The first-order valence-electron chi connectivity index (χ1n) is 11.6. The van der Waals surface area contributed by atoms with Gasteiger partial charge in [0.2, 0.25) is 5.82 Å². The van der Waals surface area contributed by atoms with E-state index in [9.17, 15) is 13.2 Å². The van der Waals surface area contributed by atoms with Gasteiger partial charge in [-0.15, -0.1) is 16.6 Å². The molecule has 1 aliphatic carbocycles. The Bertz CT molecular complexity index is 1560. The van der Waals surface area contributed by atoms with Crippen LogP contribution < -0.4 is 0 Å². The quantitative estimate of drug-likeness (QED) is 0.396. The summed E-state index contributed by atoms with van der Waals surface area (Å²) >= 11 is 0. The smallest absolute Gasteiger partial charge is 0.294 e. The van der Waals surface area contributed by atoms with Gasteiger partial charge in [-0.25, -0.2) is 17.4 Å². The number of rotatable bonds is 5. The van der Waals surface area contributed by atoms with Crippen molar-refractivity contribution in [3.63, 3.8) is 0 Å². The lowest BCUT2D eigenvalue weighted by molar-refractivity contribution is 0.0654. The number of para-hydroxylation sites is 1. The molecule has 0 radical (unpaired) electrons. The van der Waals surface area contributed by atoms with E-state index >= 15 is 0 Å². The monoisotopic (exact) mass is 487 g/mol. The van der Waals surface area contributed by atoms with Crippen LogP contribution in [-0.4, -0.2) is 51.0 Å². The Hall–Kier alpha value is -3.77. The molecule has 8 nitrogen and oxygen atoms in total. The molecule has 2 heterocycles. The lowest BCUT2D eigenvalue weighted by atomic mass is 9.94. The third-order valence-electron chi connectivity index (χ3n) is 6.53. The zero-order chi connectivity index (χ0) is 24.6. The Labute approximate surface area is 204 Å². The van der Waals surface area contributed by atoms with Crippen LogP contribution in [0.5, 0.6) is 0 Å². The van der Waals surface area contributed by atoms with Crippen molar-refractivity contribution in [1.82, 2.24) is 24.1 Å². The first-order valence-corrected chi connectivity index (χ1v) is 13.1. The second kappa shape index (κ2) is 9.12. The normalized spacial score (nSPS) is 14.7. The first kappa shape index (κ1) is 23.0. The Morgan fingerprint density at radius 1 is 1.09 bits per heavy atom. The van der Waals surface area contributed by atoms with Crippen LogP contribution in [0.4, 0.5) is 0 Å². The Morgan fingerprint density at radius 3 is 2.51 bits per heavy atom. The third-order valence-corrected chi connectivity index (χ3v) is 8.25. The molecule has 2 aromatic heterocycles. The van der Waals surface area contributed by atoms with Gasteiger partial charge < -0.3 is 4.90 Å². The highest BCUT2D eigenvalue weighted by Gasteiger charge is 2.30. The average Bonchev–Trinajstić information content (AvgIpc) is 3.22. The van der Waals surface area contributed by atoms with Crippen LogP contribution in [0, 0.1) is 19.3 Å². The largest absolute Gasteiger partial charge is 0.322 e. The van der Waals surface area contributed by atoms with Crippen LogP contribution in [0.15, 0.2) is 53.4 Å². The zero-order valence-electron chi connectivity index (χ0n) is 19.4. The van der Waals surface area contributed by atoms with Gasteiger partial charge in [0.05, 0.1) is 17.0 Å². The molecule has 1 aliphatic rings. The van der Waals surface area contributed by atoms with Gasteiger partial charge in [0.1, 0.15) is 5.52 Å². The minimum atomic E-state index is -4.03. The van der Waals surface area contributed by atoms with Crippen LogP contribution in [-0.2, 0) is 10.0 Å². The van der Waals surface area contributed by atoms with Crippen LogP contribution in [0.1, 0.15) is 48.3 Å². The predicted octanol–water partition coefficient (Wildman–Crippen LogP) is 3.93. The van der Waals surface area contributed by atoms with E-state index in [0.717, 1.165) is 41.6 Å². The number of carbonyl (C=O) groups is 1. The third kappa shape index (κ3) is 4.04. The summed E-state index contributed by atoms with van der Waals surface area (Å²) in [6.07, 6.45) is 10.5. The van der Waals surface area contributed by atoms with Gasteiger partial charge in [0, 0.05) is 11.4 Å². The fraction of sp³-hybridized carbons (Fsp3) is 0.308. The summed E-state index contributed by atoms with van der Waals surface area (Å²) in [6.45, 7) is 2.02. The maximum Gasteiger partial charge on any atom is 0.294 e. The number of terminal acetylenes is 1. The average molecular weight is 488 g/mol. The standard InChI is InChI=1S/C26H25N5O3S/c1-3-17-30(19-9-5-4-6-10-19)26(32)24-27-25-23(28-29-24)21-11-7-8-12-22(21)31(25)35(33,34)20-15-13-18(2)14-16-20/h1,7-8,11-16,19H,4-6,9-10,17H2,2H3. The number of benzene rings is 2. The topological polar surface area (TPSA) is 98.0 Å². The molecule has 1 saturated carbocycles. The number of carbonyl (C=O) groups excluding carboxylic acids is 1. The molecule has 0 N–H and O–H groups in total. The summed E-state index contributed by atoms with van der Waals surface area (Å²) in [4.78, 5) is 19.7. The van der Waals surface area contributed by atoms with Crippen molar-refractivity contribution >= 4 is 38.0 Å². The number of hydrogen-bond acceptors (Lipinski definition) is 6. The highest BCUT2D eigenvalue weighted by atomic mass is 32.2. The van der Waals surface area contributed by atoms with Crippen molar-refractivity contribution in [1.29, 1.82) is 0 Å². The van der Waals surface area contributed by atoms with Gasteiger partial charge in [-0.1, -0.05) is 61.1 Å². The maximum atomic E-state index is 13.8. The molecular formula is C26H25N5O3S. The fourth-order valence-corrected chi connectivity index (χ4v) is 6.20. The van der Waals surface area contributed by atoms with Crippen LogP contribution in [0.3, 0.4) is 0 Å². The summed E-state index contributed by atoms with van der Waals surface area (Å²) in [5.74, 6) is 1.96. The molecule has 1 fully saturated rings. The molecular weight excluding hydrogens is 462 g/mol. The van der Waals surface area contributed by atoms with Gasteiger partial charge in [-0.3, -0.25) is 4.79 Å². The van der Waals surface area contributed by atoms with Crippen molar-refractivity contribution in [3.05, 3.63) is 59.9 Å². The van der Waals surface area contributed by atoms with Gasteiger partial charge in [-0.05, 0) is 38.0 Å². The van der Waals surface area contributed by atoms with Crippen molar-refractivity contribution < 1.29 is 13.2 Å². The molecule has 178 valence electrons. The second-order valence-electron chi connectivity index (χ2n) is 8.84. The number of fused-ring (bicyclic) bond motifs is 3. The minimum Gasteiger partial charge on any atom is -0.322 e. The molecule has 0 atom stereocenters. The number of nitrogens with zero attached hydrogens (tertiary/aromatic N) is 5. The van der Waals surface area contributed by atoms with Crippen LogP contribution in [0.2, 0.25) is 0 Å². The SMILES string of the molecule is C#CCN(C(=O)c1nnc2c3ccccc3n(S(=O)(=O)c3ccc(C)cc3)c2n1)C1CCCCC1. The molecule has 0 unspecified atom stereocenters. The molecule has 5 rings (SSSR count). The molecule has 35 heavy (non-hydrogen) atoms. The van der Waals surface area contributed by atoms with Crippen molar-refractivity contribution in [2.24, 2.45) is 0 Å². The lowest BCUT2D eigenvalue weighted by Gasteiger charge is -2.32. The molecule has 0 saturated heterocycles. The molecule has 2 aromatic carbocycles. The zero-order valence-corrected chi connectivity index (χ0v) is 20.2. The Morgan fingerprint density at radius 2 is 1.80 bits per heavy atom. The van der Waals surface area contributed by atoms with E-state index in [0.29, 0.717) is 16.4 Å². The minimum absolute atomic E-state index is 0.00810. The first-order chi connectivity index (χ1) is 16.9. The van der Waals surface area contributed by atoms with Gasteiger partial charge in [0.15, 0.2) is 5.65 Å². The number of aryl methyl sites for hydroxylation is 1. The van der Waals surface area contributed by atoms with Gasteiger partial charge in [0.25, 0.3) is 15.9 Å². The summed E-state index contributed by atoms with van der Waals surface area (Å²) < 4.78 is 28.7. The Balaban J connectivity index is 1.68. The van der Waals surface area contributed by atoms with Crippen molar-refractivity contribution in [3.8, 4) is 12.3 Å². The van der Waals surface area contributed by atoms with Gasteiger partial charge >= 0.3 is 0 Å². The number of amides is 1.